The van der Waals surface area contributed by atoms with Gasteiger partial charge in [0, 0.05) is 26.1 Å². The standard InChI is InChI=1S/C7H15NO2/c9-6-3-7(10)8-4-1-2-5-8/h7,9-10H,1-6H2/t7-/m1/s1. The van der Waals surface area contributed by atoms with Gasteiger partial charge in [0.2, 0.25) is 0 Å². The van der Waals surface area contributed by atoms with Gasteiger partial charge in [-0.05, 0) is 12.8 Å². The summed E-state index contributed by atoms with van der Waals surface area (Å²) in [5.41, 5.74) is 0. The lowest BCUT2D eigenvalue weighted by atomic mass is 10.3. The van der Waals surface area contributed by atoms with Crippen molar-refractivity contribution in [3.05, 3.63) is 0 Å². The summed E-state index contributed by atoms with van der Waals surface area (Å²) in [6, 6.07) is 0. The minimum atomic E-state index is -0.410. The maximum atomic E-state index is 9.31. The van der Waals surface area contributed by atoms with E-state index in [0.29, 0.717) is 6.42 Å². The number of likely N-dealkylation sites (tertiary alicyclic amines) is 1. The maximum Gasteiger partial charge on any atom is 0.109 e. The smallest absolute Gasteiger partial charge is 0.109 e. The van der Waals surface area contributed by atoms with Gasteiger partial charge in [0.1, 0.15) is 6.23 Å². The van der Waals surface area contributed by atoms with Crippen LogP contribution in [0.25, 0.3) is 0 Å². The Morgan fingerprint density at radius 3 is 2.40 bits per heavy atom. The molecular formula is C7H15NO2. The molecule has 0 aromatic rings. The molecule has 0 spiro atoms. The van der Waals surface area contributed by atoms with E-state index >= 15 is 0 Å². The normalized spacial score (nSPS) is 23.4. The number of aliphatic hydroxyl groups excluding tert-OH is 2. The van der Waals surface area contributed by atoms with Gasteiger partial charge in [-0.15, -0.1) is 0 Å². The average molecular weight is 145 g/mol. The maximum absolute atomic E-state index is 9.31. The molecule has 0 bridgehead atoms. The molecule has 60 valence electrons. The molecule has 10 heavy (non-hydrogen) atoms. The molecule has 1 fully saturated rings. The molecule has 1 saturated heterocycles. The first-order valence-corrected chi connectivity index (χ1v) is 3.87. The second-order valence-electron chi connectivity index (χ2n) is 2.74. The zero-order valence-corrected chi connectivity index (χ0v) is 6.16. The summed E-state index contributed by atoms with van der Waals surface area (Å²) in [6.07, 6.45) is 2.44. The highest BCUT2D eigenvalue weighted by atomic mass is 16.3. The van der Waals surface area contributed by atoms with Gasteiger partial charge >= 0.3 is 0 Å². The third-order valence-corrected chi connectivity index (χ3v) is 1.95. The fourth-order valence-electron chi connectivity index (χ4n) is 1.34. The molecule has 0 amide bonds. The molecule has 0 aliphatic carbocycles. The highest BCUT2D eigenvalue weighted by Crippen LogP contribution is 2.11. The minimum absolute atomic E-state index is 0.0810. The first-order valence-electron chi connectivity index (χ1n) is 3.87. The SMILES string of the molecule is OCC[C@@H](O)N1CCCC1. The van der Waals surface area contributed by atoms with Crippen LogP contribution < -0.4 is 0 Å². The van der Waals surface area contributed by atoms with Gasteiger partial charge in [0.25, 0.3) is 0 Å². The third-order valence-electron chi connectivity index (χ3n) is 1.95. The predicted octanol–water partition coefficient (Wildman–Crippen LogP) is -0.217. The predicted molar refractivity (Wildman–Crippen MR) is 38.5 cm³/mol. The van der Waals surface area contributed by atoms with Crippen molar-refractivity contribution in [2.45, 2.75) is 25.5 Å². The van der Waals surface area contributed by atoms with E-state index in [1.54, 1.807) is 0 Å². The molecule has 2 N–H and O–H groups in total. The van der Waals surface area contributed by atoms with E-state index in [1.165, 1.54) is 12.8 Å². The largest absolute Gasteiger partial charge is 0.396 e. The molecule has 0 radical (unpaired) electrons. The van der Waals surface area contributed by atoms with Crippen LogP contribution in [0.2, 0.25) is 0 Å². The van der Waals surface area contributed by atoms with Crippen molar-refractivity contribution in [2.24, 2.45) is 0 Å². The van der Waals surface area contributed by atoms with Gasteiger partial charge in [-0.1, -0.05) is 0 Å². The monoisotopic (exact) mass is 145 g/mol. The fourth-order valence-corrected chi connectivity index (χ4v) is 1.34. The topological polar surface area (TPSA) is 43.7 Å². The van der Waals surface area contributed by atoms with Crippen molar-refractivity contribution in [2.75, 3.05) is 19.7 Å². The van der Waals surface area contributed by atoms with Gasteiger partial charge in [0.05, 0.1) is 0 Å². The van der Waals surface area contributed by atoms with Gasteiger partial charge in [0.15, 0.2) is 0 Å². The van der Waals surface area contributed by atoms with Gasteiger partial charge in [-0.25, -0.2) is 0 Å². The number of aliphatic hydroxyl groups is 2. The van der Waals surface area contributed by atoms with Crippen LogP contribution in [0.3, 0.4) is 0 Å². The molecule has 1 rings (SSSR count). The van der Waals surface area contributed by atoms with Gasteiger partial charge in [-0.2, -0.15) is 0 Å². The van der Waals surface area contributed by atoms with Crippen LogP contribution in [0.5, 0.6) is 0 Å². The van der Waals surface area contributed by atoms with Crippen LogP contribution in [0.15, 0.2) is 0 Å². The van der Waals surface area contributed by atoms with Crippen LogP contribution >= 0.6 is 0 Å². The average Bonchev–Trinajstić information content (AvgIpc) is 2.38. The van der Waals surface area contributed by atoms with Crippen molar-refractivity contribution in [3.63, 3.8) is 0 Å². The number of nitrogens with zero attached hydrogens (tertiary/aromatic N) is 1. The van der Waals surface area contributed by atoms with Gasteiger partial charge < -0.3 is 10.2 Å². The molecule has 1 aliphatic rings. The van der Waals surface area contributed by atoms with Crippen LogP contribution in [0.4, 0.5) is 0 Å². The Morgan fingerprint density at radius 2 is 1.90 bits per heavy atom. The lowest BCUT2D eigenvalue weighted by Gasteiger charge is -2.20. The molecule has 3 nitrogen and oxygen atoms in total. The van der Waals surface area contributed by atoms with Crippen molar-refractivity contribution < 1.29 is 10.2 Å². The molecule has 1 aliphatic heterocycles. The summed E-state index contributed by atoms with van der Waals surface area (Å²) in [4.78, 5) is 2.01. The Morgan fingerprint density at radius 1 is 1.30 bits per heavy atom. The number of hydrogen-bond acceptors (Lipinski definition) is 3. The summed E-state index contributed by atoms with van der Waals surface area (Å²) in [7, 11) is 0. The lowest BCUT2D eigenvalue weighted by Crippen LogP contribution is -2.32. The van der Waals surface area contributed by atoms with E-state index < -0.39 is 6.23 Å². The Kier molecular flexibility index (Phi) is 3.12. The summed E-state index contributed by atoms with van der Waals surface area (Å²) in [5.74, 6) is 0. The summed E-state index contributed by atoms with van der Waals surface area (Å²) < 4.78 is 0. The zero-order chi connectivity index (χ0) is 7.40. The Balaban J connectivity index is 2.18. The van der Waals surface area contributed by atoms with Gasteiger partial charge in [-0.3, -0.25) is 4.90 Å². The second-order valence-corrected chi connectivity index (χ2v) is 2.74. The molecule has 0 aromatic heterocycles. The highest BCUT2D eigenvalue weighted by molar-refractivity contribution is 4.68. The second kappa shape index (κ2) is 3.91. The summed E-state index contributed by atoms with van der Waals surface area (Å²) in [6.45, 7) is 2.06. The number of rotatable bonds is 3. The lowest BCUT2D eigenvalue weighted by molar-refractivity contribution is 0.00234. The first kappa shape index (κ1) is 7.98. The minimum Gasteiger partial charge on any atom is -0.396 e. The molecule has 0 unspecified atom stereocenters. The van der Waals surface area contributed by atoms with E-state index in [-0.39, 0.29) is 6.61 Å². The van der Waals surface area contributed by atoms with Crippen LogP contribution in [-0.4, -0.2) is 41.0 Å². The van der Waals surface area contributed by atoms with E-state index in [0.717, 1.165) is 13.1 Å². The van der Waals surface area contributed by atoms with Crippen LogP contribution in [0.1, 0.15) is 19.3 Å². The Labute approximate surface area is 61.3 Å². The van der Waals surface area contributed by atoms with Crippen molar-refractivity contribution in [1.29, 1.82) is 0 Å². The quantitative estimate of drug-likeness (QED) is 0.577. The Hall–Kier alpha value is -0.120. The third kappa shape index (κ3) is 1.94. The first-order chi connectivity index (χ1) is 4.84. The molecule has 1 atom stereocenters. The van der Waals surface area contributed by atoms with E-state index in [4.69, 9.17) is 5.11 Å². The van der Waals surface area contributed by atoms with E-state index in [2.05, 4.69) is 0 Å². The summed E-state index contributed by atoms with van der Waals surface area (Å²) in [5, 5.41) is 17.8. The van der Waals surface area contributed by atoms with Crippen molar-refractivity contribution in [1.82, 2.24) is 4.90 Å². The molecule has 0 saturated carbocycles. The van der Waals surface area contributed by atoms with Crippen molar-refractivity contribution in [3.8, 4) is 0 Å². The van der Waals surface area contributed by atoms with E-state index in [1.807, 2.05) is 4.90 Å². The molecular weight excluding hydrogens is 130 g/mol. The van der Waals surface area contributed by atoms with Crippen LogP contribution in [0, 0.1) is 0 Å². The van der Waals surface area contributed by atoms with Crippen molar-refractivity contribution >= 4 is 0 Å². The molecule has 0 aromatic carbocycles. The fraction of sp³-hybridized carbons (Fsp3) is 1.00. The zero-order valence-electron chi connectivity index (χ0n) is 6.16. The Bertz CT molecular complexity index is 91.6. The number of hydrogen-bond donors (Lipinski definition) is 2. The summed E-state index contributed by atoms with van der Waals surface area (Å²) >= 11 is 0. The van der Waals surface area contributed by atoms with E-state index in [9.17, 15) is 5.11 Å². The highest BCUT2D eigenvalue weighted by Gasteiger charge is 2.18. The molecule has 1 heterocycles. The molecule has 3 heteroatoms. The van der Waals surface area contributed by atoms with Crippen LogP contribution in [-0.2, 0) is 0 Å².